The van der Waals surface area contributed by atoms with Gasteiger partial charge in [-0.25, -0.2) is 0 Å². The van der Waals surface area contributed by atoms with E-state index in [9.17, 15) is 14.4 Å². The topological polar surface area (TPSA) is 78.9 Å². The van der Waals surface area contributed by atoms with Crippen LogP contribution in [0.4, 0.5) is 0 Å². The van der Waals surface area contributed by atoms with Gasteiger partial charge in [-0.15, -0.1) is 0 Å². The Morgan fingerprint density at radius 2 is 0.585 bits per heavy atom. The number of rotatable bonds is 52. The Hall–Kier alpha value is -2.37. The molecule has 0 N–H and O–H groups in total. The summed E-state index contributed by atoms with van der Waals surface area (Å²) in [4.78, 5) is 38.0. The molecule has 0 heterocycles. The molecule has 0 aliphatic carbocycles. The van der Waals surface area contributed by atoms with Crippen molar-refractivity contribution >= 4 is 17.9 Å². The SMILES string of the molecule is CCCCCCCC/C=C\C/C=C\CCC(=O)OCC(COC(=O)CCCCCCCCC/C=C\CCCCCCCCCC)OC(=O)CCCCCCCCCCCCCCCCC. The van der Waals surface area contributed by atoms with Crippen LogP contribution >= 0.6 is 0 Å². The van der Waals surface area contributed by atoms with Gasteiger partial charge in [-0.3, -0.25) is 14.4 Å². The van der Waals surface area contributed by atoms with Crippen LogP contribution in [0.2, 0.25) is 0 Å². The first-order valence-electron chi connectivity index (χ1n) is 28.5. The van der Waals surface area contributed by atoms with Crippen molar-refractivity contribution in [2.45, 2.75) is 309 Å². The van der Waals surface area contributed by atoms with Crippen LogP contribution in [0.25, 0.3) is 0 Å². The van der Waals surface area contributed by atoms with Crippen molar-refractivity contribution in [2.75, 3.05) is 13.2 Å². The van der Waals surface area contributed by atoms with Crippen LogP contribution in [0.1, 0.15) is 303 Å². The Balaban J connectivity index is 4.37. The highest BCUT2D eigenvalue weighted by molar-refractivity contribution is 5.71. The first-order chi connectivity index (χ1) is 32.0. The Morgan fingerprint density at radius 1 is 0.308 bits per heavy atom. The average Bonchev–Trinajstić information content (AvgIpc) is 3.30. The molecule has 0 radical (unpaired) electrons. The molecule has 1 atom stereocenters. The molecule has 0 aromatic heterocycles. The summed E-state index contributed by atoms with van der Waals surface area (Å²) in [5.74, 6) is -0.947. The third-order valence-electron chi connectivity index (χ3n) is 12.6. The van der Waals surface area contributed by atoms with E-state index in [1.165, 1.54) is 205 Å². The van der Waals surface area contributed by atoms with Crippen molar-refractivity contribution in [3.05, 3.63) is 36.5 Å². The van der Waals surface area contributed by atoms with Gasteiger partial charge >= 0.3 is 17.9 Å². The molecule has 0 aromatic carbocycles. The van der Waals surface area contributed by atoms with Crippen molar-refractivity contribution in [1.82, 2.24) is 0 Å². The van der Waals surface area contributed by atoms with Gasteiger partial charge in [0.15, 0.2) is 6.10 Å². The Labute approximate surface area is 404 Å². The Kier molecular flexibility index (Phi) is 52.3. The number of allylic oxidation sites excluding steroid dienone is 6. The molecule has 0 saturated carbocycles. The lowest BCUT2D eigenvalue weighted by Gasteiger charge is -2.18. The molecular formula is C59H108O6. The molecule has 0 bridgehead atoms. The Morgan fingerprint density at radius 3 is 0.954 bits per heavy atom. The fraction of sp³-hybridized carbons (Fsp3) is 0.847. The van der Waals surface area contributed by atoms with Gasteiger partial charge in [0.25, 0.3) is 0 Å². The van der Waals surface area contributed by atoms with Gasteiger partial charge in [-0.1, -0.05) is 256 Å². The quantitative estimate of drug-likeness (QED) is 0.0262. The van der Waals surface area contributed by atoms with Crippen LogP contribution in [0, 0.1) is 0 Å². The summed E-state index contributed by atoms with van der Waals surface area (Å²) in [5, 5.41) is 0. The van der Waals surface area contributed by atoms with Gasteiger partial charge in [-0.2, -0.15) is 0 Å². The molecule has 6 heteroatoms. The normalized spacial score (nSPS) is 12.2. The number of carbonyl (C=O) groups is 3. The molecule has 0 aromatic rings. The maximum atomic E-state index is 12.8. The molecule has 65 heavy (non-hydrogen) atoms. The fourth-order valence-electron chi connectivity index (χ4n) is 8.32. The highest BCUT2D eigenvalue weighted by Crippen LogP contribution is 2.16. The van der Waals surface area contributed by atoms with Gasteiger partial charge in [0, 0.05) is 19.3 Å². The van der Waals surface area contributed by atoms with Crippen LogP contribution in [0.15, 0.2) is 36.5 Å². The van der Waals surface area contributed by atoms with E-state index >= 15 is 0 Å². The summed E-state index contributed by atoms with van der Waals surface area (Å²) in [6.45, 7) is 6.61. The molecular weight excluding hydrogens is 805 g/mol. The number of esters is 3. The molecule has 0 fully saturated rings. The number of ether oxygens (including phenoxy) is 3. The number of carbonyl (C=O) groups excluding carboxylic acids is 3. The summed E-state index contributed by atoms with van der Waals surface area (Å²) in [6.07, 6.45) is 64.3. The molecule has 1 unspecified atom stereocenters. The minimum atomic E-state index is -0.793. The smallest absolute Gasteiger partial charge is 0.306 e. The van der Waals surface area contributed by atoms with Gasteiger partial charge in [0.2, 0.25) is 0 Å². The van der Waals surface area contributed by atoms with Crippen LogP contribution in [-0.2, 0) is 28.6 Å². The molecule has 0 amide bonds. The zero-order valence-corrected chi connectivity index (χ0v) is 43.5. The molecule has 6 nitrogen and oxygen atoms in total. The van der Waals surface area contributed by atoms with Crippen molar-refractivity contribution in [3.63, 3.8) is 0 Å². The third-order valence-corrected chi connectivity index (χ3v) is 12.6. The first kappa shape index (κ1) is 62.6. The van der Waals surface area contributed by atoms with E-state index in [4.69, 9.17) is 14.2 Å². The second-order valence-corrected chi connectivity index (χ2v) is 19.2. The van der Waals surface area contributed by atoms with Crippen molar-refractivity contribution in [1.29, 1.82) is 0 Å². The monoisotopic (exact) mass is 913 g/mol. The summed E-state index contributed by atoms with van der Waals surface area (Å²) >= 11 is 0. The standard InChI is InChI=1S/C59H108O6/c1-4-7-10-13-16-19-22-25-27-28-29-30-32-34-37-40-43-46-49-52-58(61)64-55-56(54-63-57(60)51-48-45-42-39-36-33-24-21-18-15-12-9-6-3)65-59(62)53-50-47-44-41-38-35-31-26-23-20-17-14-11-8-5-2/h28-29,33,36,42,45,56H,4-27,30-32,34-35,37-41,43-44,46-55H2,1-3H3/b29-28-,36-33-,45-42-. The fourth-order valence-corrected chi connectivity index (χ4v) is 8.32. The molecule has 0 spiro atoms. The minimum Gasteiger partial charge on any atom is -0.462 e. The van der Waals surface area contributed by atoms with Crippen molar-refractivity contribution in [2.24, 2.45) is 0 Å². The van der Waals surface area contributed by atoms with Crippen LogP contribution in [0.3, 0.4) is 0 Å². The summed E-state index contributed by atoms with van der Waals surface area (Å²) < 4.78 is 16.8. The van der Waals surface area contributed by atoms with Crippen LogP contribution < -0.4 is 0 Å². The second kappa shape index (κ2) is 54.2. The predicted molar refractivity (Wildman–Crippen MR) is 279 cm³/mol. The largest absolute Gasteiger partial charge is 0.462 e. The molecule has 0 rings (SSSR count). The highest BCUT2D eigenvalue weighted by Gasteiger charge is 2.19. The van der Waals surface area contributed by atoms with E-state index in [1.54, 1.807) is 0 Å². The van der Waals surface area contributed by atoms with E-state index in [0.717, 1.165) is 51.4 Å². The molecule has 380 valence electrons. The van der Waals surface area contributed by atoms with Crippen molar-refractivity contribution in [3.8, 4) is 0 Å². The second-order valence-electron chi connectivity index (χ2n) is 19.2. The van der Waals surface area contributed by atoms with Gasteiger partial charge in [0.1, 0.15) is 13.2 Å². The van der Waals surface area contributed by atoms with Gasteiger partial charge in [-0.05, 0) is 64.2 Å². The molecule has 0 aliphatic rings. The van der Waals surface area contributed by atoms with E-state index in [2.05, 4.69) is 51.2 Å². The molecule has 0 saturated heterocycles. The lowest BCUT2D eigenvalue weighted by atomic mass is 10.0. The maximum absolute atomic E-state index is 12.8. The van der Waals surface area contributed by atoms with E-state index in [1.807, 2.05) is 6.08 Å². The van der Waals surface area contributed by atoms with Crippen LogP contribution in [0.5, 0.6) is 0 Å². The minimum absolute atomic E-state index is 0.0880. The number of unbranched alkanes of at least 4 members (excludes halogenated alkanes) is 35. The zero-order chi connectivity index (χ0) is 47.2. The summed E-state index contributed by atoms with van der Waals surface area (Å²) in [5.41, 5.74) is 0. The van der Waals surface area contributed by atoms with Gasteiger partial charge in [0.05, 0.1) is 0 Å². The highest BCUT2D eigenvalue weighted by atomic mass is 16.6. The Bertz CT molecular complexity index is 1090. The predicted octanol–water partition coefficient (Wildman–Crippen LogP) is 18.9. The van der Waals surface area contributed by atoms with Crippen molar-refractivity contribution < 1.29 is 28.6 Å². The maximum Gasteiger partial charge on any atom is 0.306 e. The number of hydrogen-bond acceptors (Lipinski definition) is 6. The van der Waals surface area contributed by atoms with E-state index in [0.29, 0.717) is 19.3 Å². The zero-order valence-electron chi connectivity index (χ0n) is 43.5. The average molecular weight is 914 g/mol. The number of hydrogen-bond donors (Lipinski definition) is 0. The lowest BCUT2D eigenvalue weighted by molar-refractivity contribution is -0.166. The molecule has 0 aliphatic heterocycles. The van der Waals surface area contributed by atoms with Crippen LogP contribution in [-0.4, -0.2) is 37.2 Å². The summed E-state index contributed by atoms with van der Waals surface area (Å²) in [6, 6.07) is 0. The third kappa shape index (κ3) is 52.5. The lowest BCUT2D eigenvalue weighted by Crippen LogP contribution is -2.30. The summed E-state index contributed by atoms with van der Waals surface area (Å²) in [7, 11) is 0. The van der Waals surface area contributed by atoms with E-state index in [-0.39, 0.29) is 37.5 Å². The van der Waals surface area contributed by atoms with E-state index < -0.39 is 6.10 Å². The first-order valence-corrected chi connectivity index (χ1v) is 28.5. The van der Waals surface area contributed by atoms with Gasteiger partial charge < -0.3 is 14.2 Å².